The lowest BCUT2D eigenvalue weighted by Gasteiger charge is -2.12. The number of rotatable bonds is 8. The van der Waals surface area contributed by atoms with Crippen molar-refractivity contribution in [3.63, 3.8) is 0 Å². The van der Waals surface area contributed by atoms with Gasteiger partial charge in [-0.2, -0.15) is 0 Å². The maximum atomic E-state index is 12.2. The van der Waals surface area contributed by atoms with Gasteiger partial charge in [0, 0.05) is 25.2 Å². The number of carbonyl (C=O) groups is 1. The zero-order valence-electron chi connectivity index (χ0n) is 15.7. The molecule has 0 fully saturated rings. The van der Waals surface area contributed by atoms with Crippen molar-refractivity contribution in [3.8, 4) is 5.75 Å². The molecule has 0 radical (unpaired) electrons. The second-order valence-electron chi connectivity index (χ2n) is 5.60. The fourth-order valence-electron chi connectivity index (χ4n) is 2.32. The number of methoxy groups -OCH3 is 1. The molecular formula is C20H27IN4O2. The molecule has 2 aromatic carbocycles. The van der Waals surface area contributed by atoms with E-state index in [9.17, 15) is 4.79 Å². The van der Waals surface area contributed by atoms with E-state index in [0.29, 0.717) is 30.9 Å². The van der Waals surface area contributed by atoms with Gasteiger partial charge in [0.15, 0.2) is 5.96 Å². The van der Waals surface area contributed by atoms with Crippen molar-refractivity contribution in [1.29, 1.82) is 0 Å². The molecule has 0 saturated heterocycles. The lowest BCUT2D eigenvalue weighted by molar-refractivity contribution is 0.0954. The van der Waals surface area contributed by atoms with Gasteiger partial charge < -0.3 is 20.7 Å². The molecule has 0 aliphatic rings. The van der Waals surface area contributed by atoms with Gasteiger partial charge in [-0.3, -0.25) is 4.79 Å². The molecule has 0 spiro atoms. The number of hydrogen-bond donors (Lipinski definition) is 3. The van der Waals surface area contributed by atoms with E-state index in [4.69, 9.17) is 4.74 Å². The Morgan fingerprint density at radius 2 is 1.74 bits per heavy atom. The van der Waals surface area contributed by atoms with Crippen LogP contribution in [-0.2, 0) is 6.54 Å². The van der Waals surface area contributed by atoms with Crippen molar-refractivity contribution >= 4 is 35.8 Å². The predicted octanol–water partition coefficient (Wildman–Crippen LogP) is 2.80. The number of carbonyl (C=O) groups excluding carboxylic acids is 1. The van der Waals surface area contributed by atoms with E-state index < -0.39 is 0 Å². The standard InChI is InChI=1S/C20H26N4O2.HI/c1-3-21-20(24-15-16-8-5-4-6-9-16)23-13-12-22-19(25)17-10-7-11-18(14-17)26-2;/h4-11,14H,3,12-13,15H2,1-2H3,(H,22,25)(H2,21,23,24);1H. The van der Waals surface area contributed by atoms with Crippen LogP contribution < -0.4 is 20.7 Å². The van der Waals surface area contributed by atoms with Gasteiger partial charge in [-0.1, -0.05) is 36.4 Å². The Balaban J connectivity index is 0.00000364. The number of hydrogen-bond acceptors (Lipinski definition) is 3. The summed E-state index contributed by atoms with van der Waals surface area (Å²) < 4.78 is 5.14. The van der Waals surface area contributed by atoms with Gasteiger partial charge in [-0.15, -0.1) is 24.0 Å². The molecule has 146 valence electrons. The average Bonchev–Trinajstić information content (AvgIpc) is 2.69. The van der Waals surface area contributed by atoms with Crippen LogP contribution in [0.1, 0.15) is 22.8 Å². The Bertz CT molecular complexity index is 723. The molecule has 0 aliphatic heterocycles. The van der Waals surface area contributed by atoms with Gasteiger partial charge >= 0.3 is 0 Å². The van der Waals surface area contributed by atoms with E-state index in [1.807, 2.05) is 43.3 Å². The smallest absolute Gasteiger partial charge is 0.251 e. The van der Waals surface area contributed by atoms with Crippen LogP contribution in [0, 0.1) is 0 Å². The van der Waals surface area contributed by atoms with Crippen LogP contribution in [0.4, 0.5) is 0 Å². The van der Waals surface area contributed by atoms with E-state index in [1.165, 1.54) is 0 Å². The second-order valence-corrected chi connectivity index (χ2v) is 5.60. The number of nitrogens with zero attached hydrogens (tertiary/aromatic N) is 1. The number of amides is 1. The molecule has 0 atom stereocenters. The molecule has 0 bridgehead atoms. The Morgan fingerprint density at radius 1 is 1.00 bits per heavy atom. The molecule has 0 heterocycles. The minimum Gasteiger partial charge on any atom is -0.497 e. The molecule has 0 saturated carbocycles. The fraction of sp³-hybridized carbons (Fsp3) is 0.300. The van der Waals surface area contributed by atoms with Crippen LogP contribution in [0.5, 0.6) is 5.75 Å². The molecule has 1 amide bonds. The van der Waals surface area contributed by atoms with Crippen LogP contribution >= 0.6 is 24.0 Å². The Hall–Kier alpha value is -2.29. The van der Waals surface area contributed by atoms with Crippen LogP contribution in [0.25, 0.3) is 0 Å². The van der Waals surface area contributed by atoms with Crippen molar-refractivity contribution in [1.82, 2.24) is 16.0 Å². The molecule has 2 rings (SSSR count). The zero-order chi connectivity index (χ0) is 18.6. The third kappa shape index (κ3) is 8.29. The highest BCUT2D eigenvalue weighted by molar-refractivity contribution is 14.0. The van der Waals surface area contributed by atoms with Crippen LogP contribution in [-0.4, -0.2) is 38.6 Å². The molecule has 6 nitrogen and oxygen atoms in total. The van der Waals surface area contributed by atoms with Gasteiger partial charge in [0.1, 0.15) is 5.75 Å². The summed E-state index contributed by atoms with van der Waals surface area (Å²) in [6.45, 7) is 4.47. The Morgan fingerprint density at radius 3 is 2.44 bits per heavy atom. The highest BCUT2D eigenvalue weighted by Crippen LogP contribution is 2.12. The summed E-state index contributed by atoms with van der Waals surface area (Å²) >= 11 is 0. The summed E-state index contributed by atoms with van der Waals surface area (Å²) in [4.78, 5) is 16.7. The lowest BCUT2D eigenvalue weighted by atomic mass is 10.2. The van der Waals surface area contributed by atoms with Crippen molar-refractivity contribution in [3.05, 3.63) is 65.7 Å². The van der Waals surface area contributed by atoms with E-state index >= 15 is 0 Å². The normalized spacial score (nSPS) is 10.5. The molecule has 0 unspecified atom stereocenters. The first-order valence-electron chi connectivity index (χ1n) is 8.71. The molecular weight excluding hydrogens is 455 g/mol. The average molecular weight is 482 g/mol. The van der Waals surface area contributed by atoms with Gasteiger partial charge in [-0.25, -0.2) is 4.99 Å². The van der Waals surface area contributed by atoms with E-state index in [-0.39, 0.29) is 29.9 Å². The predicted molar refractivity (Wildman–Crippen MR) is 120 cm³/mol. The van der Waals surface area contributed by atoms with Gasteiger partial charge in [0.05, 0.1) is 13.7 Å². The van der Waals surface area contributed by atoms with E-state index in [0.717, 1.165) is 18.1 Å². The SMILES string of the molecule is CCNC(=NCc1ccccc1)NCCNC(=O)c1cccc(OC)c1.I. The fourth-order valence-corrected chi connectivity index (χ4v) is 2.32. The lowest BCUT2D eigenvalue weighted by Crippen LogP contribution is -2.41. The van der Waals surface area contributed by atoms with Gasteiger partial charge in [-0.05, 0) is 30.7 Å². The molecule has 0 aliphatic carbocycles. The summed E-state index contributed by atoms with van der Waals surface area (Å²) in [7, 11) is 1.58. The first kappa shape index (κ1) is 22.8. The molecule has 2 aromatic rings. The number of ether oxygens (including phenoxy) is 1. The molecule has 0 aromatic heterocycles. The maximum Gasteiger partial charge on any atom is 0.251 e. The number of nitrogens with one attached hydrogen (secondary N) is 3. The van der Waals surface area contributed by atoms with E-state index in [1.54, 1.807) is 25.3 Å². The van der Waals surface area contributed by atoms with Crippen LogP contribution in [0.3, 0.4) is 0 Å². The topological polar surface area (TPSA) is 74.8 Å². The van der Waals surface area contributed by atoms with Crippen molar-refractivity contribution in [2.75, 3.05) is 26.7 Å². The van der Waals surface area contributed by atoms with Crippen LogP contribution in [0.15, 0.2) is 59.6 Å². The minimum absolute atomic E-state index is 0. The quantitative estimate of drug-likeness (QED) is 0.234. The zero-order valence-corrected chi connectivity index (χ0v) is 18.0. The number of benzene rings is 2. The highest BCUT2D eigenvalue weighted by Gasteiger charge is 2.06. The Labute approximate surface area is 177 Å². The summed E-state index contributed by atoms with van der Waals surface area (Å²) in [6.07, 6.45) is 0. The molecule has 3 N–H and O–H groups in total. The first-order chi connectivity index (χ1) is 12.7. The number of halogens is 1. The van der Waals surface area contributed by atoms with Crippen molar-refractivity contribution in [2.24, 2.45) is 4.99 Å². The van der Waals surface area contributed by atoms with Crippen molar-refractivity contribution in [2.45, 2.75) is 13.5 Å². The largest absolute Gasteiger partial charge is 0.497 e. The van der Waals surface area contributed by atoms with Gasteiger partial charge in [0.2, 0.25) is 0 Å². The third-order valence-corrected chi connectivity index (χ3v) is 3.64. The first-order valence-corrected chi connectivity index (χ1v) is 8.71. The number of guanidine groups is 1. The van der Waals surface area contributed by atoms with E-state index in [2.05, 4.69) is 20.9 Å². The summed E-state index contributed by atoms with van der Waals surface area (Å²) in [6, 6.07) is 17.2. The highest BCUT2D eigenvalue weighted by atomic mass is 127. The Kier molecular flexibility index (Phi) is 10.9. The monoisotopic (exact) mass is 482 g/mol. The second kappa shape index (κ2) is 13.0. The summed E-state index contributed by atoms with van der Waals surface area (Å²) in [5.74, 6) is 1.27. The maximum absolute atomic E-state index is 12.2. The number of aliphatic imine (C=N–C) groups is 1. The molecule has 7 heteroatoms. The van der Waals surface area contributed by atoms with Gasteiger partial charge in [0.25, 0.3) is 5.91 Å². The summed E-state index contributed by atoms with van der Waals surface area (Å²) in [5.41, 5.74) is 1.73. The summed E-state index contributed by atoms with van der Waals surface area (Å²) in [5, 5.41) is 9.30. The third-order valence-electron chi connectivity index (χ3n) is 3.64. The van der Waals surface area contributed by atoms with Crippen molar-refractivity contribution < 1.29 is 9.53 Å². The van der Waals surface area contributed by atoms with Crippen LogP contribution in [0.2, 0.25) is 0 Å². The minimum atomic E-state index is -0.128. The molecule has 27 heavy (non-hydrogen) atoms.